The van der Waals surface area contributed by atoms with Crippen LogP contribution in [0.1, 0.15) is 18.9 Å². The quantitative estimate of drug-likeness (QED) is 0.747. The van der Waals surface area contributed by atoms with Crippen LogP contribution >= 0.6 is 23.2 Å². The Morgan fingerprint density at radius 1 is 1.04 bits per heavy atom. The number of hydrogen-bond acceptors (Lipinski definition) is 3. The van der Waals surface area contributed by atoms with Crippen LogP contribution in [0.15, 0.2) is 48.2 Å². The van der Waals surface area contributed by atoms with Gasteiger partial charge in [0.25, 0.3) is 11.8 Å². The first-order chi connectivity index (χ1) is 12.4. The van der Waals surface area contributed by atoms with Gasteiger partial charge in [-0.15, -0.1) is 0 Å². The van der Waals surface area contributed by atoms with E-state index in [1.54, 1.807) is 12.1 Å². The molecule has 0 aliphatic carbocycles. The predicted molar refractivity (Wildman–Crippen MR) is 100 cm³/mol. The van der Waals surface area contributed by atoms with Gasteiger partial charge in [0, 0.05) is 22.8 Å². The lowest BCUT2D eigenvalue weighted by Crippen LogP contribution is -2.33. The third kappa shape index (κ3) is 3.45. The summed E-state index contributed by atoms with van der Waals surface area (Å²) < 4.78 is 13.1. The number of nitrogens with one attached hydrogen (secondary N) is 1. The van der Waals surface area contributed by atoms with Crippen LogP contribution in [0, 0.1) is 5.82 Å². The van der Waals surface area contributed by atoms with Crippen LogP contribution in [0.2, 0.25) is 10.0 Å². The van der Waals surface area contributed by atoms with E-state index in [9.17, 15) is 14.0 Å². The van der Waals surface area contributed by atoms with Crippen molar-refractivity contribution in [2.45, 2.75) is 13.3 Å². The van der Waals surface area contributed by atoms with E-state index in [0.29, 0.717) is 29.2 Å². The molecule has 0 aromatic heterocycles. The van der Waals surface area contributed by atoms with E-state index in [4.69, 9.17) is 23.2 Å². The number of nitrogens with zero attached hydrogens (tertiary/aromatic N) is 1. The fraction of sp³-hybridized carbons (Fsp3) is 0.158. The maximum atomic E-state index is 13.1. The highest BCUT2D eigenvalue weighted by molar-refractivity contribution is 6.41. The van der Waals surface area contributed by atoms with Crippen molar-refractivity contribution in [1.82, 2.24) is 4.90 Å². The summed E-state index contributed by atoms with van der Waals surface area (Å²) in [6.45, 7) is 2.17. The molecule has 1 aliphatic heterocycles. The Morgan fingerprint density at radius 3 is 2.35 bits per heavy atom. The van der Waals surface area contributed by atoms with Crippen LogP contribution in [0.25, 0.3) is 5.57 Å². The van der Waals surface area contributed by atoms with Gasteiger partial charge in [-0.3, -0.25) is 14.5 Å². The first-order valence-electron chi connectivity index (χ1n) is 8.01. The molecule has 4 nitrogen and oxygen atoms in total. The molecule has 2 amide bonds. The summed E-state index contributed by atoms with van der Waals surface area (Å²) >= 11 is 12.2. The van der Waals surface area contributed by atoms with Gasteiger partial charge in [-0.1, -0.05) is 36.2 Å². The topological polar surface area (TPSA) is 49.4 Å². The molecule has 26 heavy (non-hydrogen) atoms. The highest BCUT2D eigenvalue weighted by Crippen LogP contribution is 2.35. The van der Waals surface area contributed by atoms with Crippen molar-refractivity contribution in [3.05, 3.63) is 69.6 Å². The molecule has 0 bridgehead atoms. The molecule has 7 heteroatoms. The Balaban J connectivity index is 2.10. The van der Waals surface area contributed by atoms with Crippen molar-refractivity contribution < 1.29 is 14.0 Å². The molecule has 0 saturated heterocycles. The van der Waals surface area contributed by atoms with Crippen molar-refractivity contribution in [2.24, 2.45) is 0 Å². The number of anilines is 1. The van der Waals surface area contributed by atoms with Crippen LogP contribution in [0.4, 0.5) is 10.1 Å². The lowest BCUT2D eigenvalue weighted by molar-refractivity contribution is -0.136. The number of halogens is 3. The molecule has 0 spiro atoms. The van der Waals surface area contributed by atoms with E-state index in [2.05, 4.69) is 5.32 Å². The second-order valence-corrected chi connectivity index (χ2v) is 6.61. The minimum absolute atomic E-state index is 0.110. The van der Waals surface area contributed by atoms with Crippen LogP contribution in [0.3, 0.4) is 0 Å². The van der Waals surface area contributed by atoms with Crippen molar-refractivity contribution >= 4 is 46.3 Å². The second kappa shape index (κ2) is 7.48. The lowest BCUT2D eigenvalue weighted by atomic mass is 10.0. The summed E-state index contributed by atoms with van der Waals surface area (Å²) in [5.74, 6) is -1.26. The van der Waals surface area contributed by atoms with Gasteiger partial charge in [0.2, 0.25) is 0 Å². The van der Waals surface area contributed by atoms with Crippen LogP contribution in [-0.2, 0) is 9.59 Å². The Labute approximate surface area is 160 Å². The molecule has 0 radical (unpaired) electrons. The van der Waals surface area contributed by atoms with Gasteiger partial charge < -0.3 is 5.32 Å². The Kier molecular flexibility index (Phi) is 5.30. The van der Waals surface area contributed by atoms with E-state index < -0.39 is 17.6 Å². The summed E-state index contributed by atoms with van der Waals surface area (Å²) in [5, 5.41) is 3.63. The minimum atomic E-state index is -0.442. The summed E-state index contributed by atoms with van der Waals surface area (Å²) in [5.41, 5.74) is 1.19. The average Bonchev–Trinajstić information content (AvgIpc) is 2.82. The van der Waals surface area contributed by atoms with Crippen LogP contribution in [-0.4, -0.2) is 23.3 Å². The van der Waals surface area contributed by atoms with E-state index >= 15 is 0 Å². The Hall–Kier alpha value is -2.37. The van der Waals surface area contributed by atoms with Gasteiger partial charge in [-0.25, -0.2) is 4.39 Å². The molecular weight excluding hydrogens is 378 g/mol. The van der Waals surface area contributed by atoms with Crippen molar-refractivity contribution in [1.29, 1.82) is 0 Å². The molecule has 3 rings (SSSR count). The molecule has 2 aromatic carbocycles. The first kappa shape index (κ1) is 18.4. The third-order valence-electron chi connectivity index (χ3n) is 3.93. The molecule has 0 fully saturated rings. The summed E-state index contributed by atoms with van der Waals surface area (Å²) in [4.78, 5) is 26.8. The number of imide groups is 1. The van der Waals surface area contributed by atoms with E-state index in [1.807, 2.05) is 6.92 Å². The molecule has 0 unspecified atom stereocenters. The summed E-state index contributed by atoms with van der Waals surface area (Å²) in [6.07, 6.45) is 0.628. The standard InChI is InChI=1S/C19H15Cl2FN2O2/c1-2-9-24-18(25)16(14-8-3-11(20)10-15(14)21)17(19(24)26)23-13-6-4-12(22)5-7-13/h3-8,10,23H,2,9H2,1H3. The smallest absolute Gasteiger partial charge is 0.278 e. The second-order valence-electron chi connectivity index (χ2n) is 5.77. The Bertz CT molecular complexity index is 910. The lowest BCUT2D eigenvalue weighted by Gasteiger charge is -2.13. The maximum absolute atomic E-state index is 13.1. The Morgan fingerprint density at radius 2 is 1.73 bits per heavy atom. The first-order valence-corrected chi connectivity index (χ1v) is 8.76. The number of rotatable bonds is 5. The number of carbonyl (C=O) groups is 2. The third-order valence-corrected chi connectivity index (χ3v) is 4.48. The molecule has 1 aliphatic rings. The molecule has 1 heterocycles. The maximum Gasteiger partial charge on any atom is 0.278 e. The number of benzene rings is 2. The highest BCUT2D eigenvalue weighted by Gasteiger charge is 2.39. The zero-order valence-electron chi connectivity index (χ0n) is 13.9. The number of amides is 2. The fourth-order valence-electron chi connectivity index (χ4n) is 2.74. The van der Waals surface area contributed by atoms with E-state index in [0.717, 1.165) is 0 Å². The zero-order chi connectivity index (χ0) is 18.8. The normalized spacial score (nSPS) is 14.4. The van der Waals surface area contributed by atoms with Crippen molar-refractivity contribution in [3.8, 4) is 0 Å². The highest BCUT2D eigenvalue weighted by atomic mass is 35.5. The molecule has 134 valence electrons. The zero-order valence-corrected chi connectivity index (χ0v) is 15.4. The fourth-order valence-corrected chi connectivity index (χ4v) is 3.24. The van der Waals surface area contributed by atoms with E-state index in [1.165, 1.54) is 35.2 Å². The SMILES string of the molecule is CCCN1C(=O)C(Nc2ccc(F)cc2)=C(c2ccc(Cl)cc2Cl)C1=O. The summed E-state index contributed by atoms with van der Waals surface area (Å²) in [6, 6.07) is 10.2. The van der Waals surface area contributed by atoms with Crippen LogP contribution < -0.4 is 5.32 Å². The summed E-state index contributed by atoms with van der Waals surface area (Å²) in [7, 11) is 0. The average molecular weight is 393 g/mol. The minimum Gasteiger partial charge on any atom is -0.350 e. The van der Waals surface area contributed by atoms with Crippen molar-refractivity contribution in [2.75, 3.05) is 11.9 Å². The number of carbonyl (C=O) groups excluding carboxylic acids is 2. The largest absolute Gasteiger partial charge is 0.350 e. The molecular formula is C19H15Cl2FN2O2. The van der Waals surface area contributed by atoms with Gasteiger partial charge in [-0.2, -0.15) is 0 Å². The molecule has 0 atom stereocenters. The molecule has 1 N–H and O–H groups in total. The molecule has 0 saturated carbocycles. The van der Waals surface area contributed by atoms with Crippen molar-refractivity contribution in [3.63, 3.8) is 0 Å². The predicted octanol–water partition coefficient (Wildman–Crippen LogP) is 4.73. The van der Waals surface area contributed by atoms with E-state index in [-0.39, 0.29) is 16.3 Å². The van der Waals surface area contributed by atoms with Gasteiger partial charge >= 0.3 is 0 Å². The van der Waals surface area contributed by atoms with Gasteiger partial charge in [0.05, 0.1) is 10.6 Å². The number of hydrogen-bond donors (Lipinski definition) is 1. The molecule has 2 aromatic rings. The van der Waals surface area contributed by atoms with Crippen LogP contribution in [0.5, 0.6) is 0 Å². The monoisotopic (exact) mass is 392 g/mol. The van der Waals surface area contributed by atoms with Gasteiger partial charge in [0.1, 0.15) is 11.5 Å². The van der Waals surface area contributed by atoms with Gasteiger partial charge in [0.15, 0.2) is 0 Å². The van der Waals surface area contributed by atoms with Gasteiger partial charge in [-0.05, 0) is 42.8 Å².